The van der Waals surface area contributed by atoms with E-state index in [4.69, 9.17) is 5.73 Å². The van der Waals surface area contributed by atoms with Crippen LogP contribution in [0.3, 0.4) is 0 Å². The molecule has 0 spiro atoms. The first-order chi connectivity index (χ1) is 7.72. The smallest absolute Gasteiger partial charge is 0.115 e. The van der Waals surface area contributed by atoms with Crippen molar-refractivity contribution in [3.63, 3.8) is 0 Å². The molecule has 0 fully saturated rings. The van der Waals surface area contributed by atoms with Crippen LogP contribution in [0.4, 0.5) is 0 Å². The molecule has 5 nitrogen and oxygen atoms in total. The lowest BCUT2D eigenvalue weighted by molar-refractivity contribution is 0.746. The molecule has 0 aliphatic heterocycles. The lowest BCUT2D eigenvalue weighted by Crippen LogP contribution is -2.13. The number of aromatic nitrogens is 4. The van der Waals surface area contributed by atoms with Crippen molar-refractivity contribution in [1.29, 1.82) is 0 Å². The molecule has 0 amide bonds. The highest BCUT2D eigenvalue weighted by molar-refractivity contribution is 5.29. The molecule has 2 aromatic rings. The Bertz CT molecular complexity index is 462. The fourth-order valence-corrected chi connectivity index (χ4v) is 1.74. The monoisotopic (exact) mass is 217 g/mol. The second-order valence-corrected chi connectivity index (χ2v) is 3.71. The highest BCUT2D eigenvalue weighted by Crippen LogP contribution is 2.21. The Hall–Kier alpha value is -1.75. The van der Waals surface area contributed by atoms with Gasteiger partial charge in [-0.1, -0.05) is 6.92 Å². The van der Waals surface area contributed by atoms with E-state index in [1.807, 2.05) is 13.2 Å². The van der Waals surface area contributed by atoms with Crippen molar-refractivity contribution < 1.29 is 0 Å². The van der Waals surface area contributed by atoms with E-state index >= 15 is 0 Å². The summed E-state index contributed by atoms with van der Waals surface area (Å²) in [4.78, 5) is 7.95. The third kappa shape index (κ3) is 1.94. The molecule has 0 saturated carbocycles. The molecule has 16 heavy (non-hydrogen) atoms. The summed E-state index contributed by atoms with van der Waals surface area (Å²) in [5.74, 6) is 0. The maximum absolute atomic E-state index is 6.17. The Morgan fingerprint density at radius 1 is 1.38 bits per heavy atom. The van der Waals surface area contributed by atoms with Crippen molar-refractivity contribution in [3.8, 4) is 0 Å². The summed E-state index contributed by atoms with van der Waals surface area (Å²) in [7, 11) is 1.90. The average Bonchev–Trinajstić information content (AvgIpc) is 2.70. The number of aryl methyl sites for hydroxylation is 2. The SMILES string of the molecule is CCc1nn(C)cc1C(N)c1cncnc1. The molecule has 0 aliphatic carbocycles. The van der Waals surface area contributed by atoms with Gasteiger partial charge in [-0.2, -0.15) is 5.10 Å². The van der Waals surface area contributed by atoms with Crippen LogP contribution < -0.4 is 5.73 Å². The quantitative estimate of drug-likeness (QED) is 0.826. The largest absolute Gasteiger partial charge is 0.320 e. The van der Waals surface area contributed by atoms with Crippen molar-refractivity contribution in [2.24, 2.45) is 12.8 Å². The van der Waals surface area contributed by atoms with Gasteiger partial charge in [0.05, 0.1) is 11.7 Å². The van der Waals surface area contributed by atoms with Crippen molar-refractivity contribution in [2.75, 3.05) is 0 Å². The first kappa shape index (κ1) is 10.8. The van der Waals surface area contributed by atoms with E-state index in [0.29, 0.717) is 0 Å². The molecule has 84 valence electrons. The summed E-state index contributed by atoms with van der Waals surface area (Å²) in [6.45, 7) is 2.07. The van der Waals surface area contributed by atoms with Gasteiger partial charge >= 0.3 is 0 Å². The maximum Gasteiger partial charge on any atom is 0.115 e. The van der Waals surface area contributed by atoms with Gasteiger partial charge in [0, 0.05) is 36.8 Å². The van der Waals surface area contributed by atoms with Gasteiger partial charge in [-0.15, -0.1) is 0 Å². The number of nitrogens with zero attached hydrogens (tertiary/aromatic N) is 4. The molecule has 2 rings (SSSR count). The minimum absolute atomic E-state index is 0.204. The predicted octanol–water partition coefficient (Wildman–Crippen LogP) is 0.821. The van der Waals surface area contributed by atoms with Gasteiger partial charge in [0.1, 0.15) is 6.33 Å². The zero-order valence-corrected chi connectivity index (χ0v) is 9.46. The van der Waals surface area contributed by atoms with E-state index in [1.165, 1.54) is 6.33 Å². The predicted molar refractivity (Wildman–Crippen MR) is 60.6 cm³/mol. The highest BCUT2D eigenvalue weighted by Gasteiger charge is 2.15. The lowest BCUT2D eigenvalue weighted by Gasteiger charge is -2.10. The number of nitrogens with two attached hydrogens (primary N) is 1. The molecule has 0 radical (unpaired) electrons. The van der Waals surface area contributed by atoms with Crippen LogP contribution in [0.25, 0.3) is 0 Å². The molecular weight excluding hydrogens is 202 g/mol. The Balaban J connectivity index is 2.37. The summed E-state index contributed by atoms with van der Waals surface area (Å²) in [5.41, 5.74) is 9.15. The summed E-state index contributed by atoms with van der Waals surface area (Å²) in [6.07, 6.45) is 7.81. The minimum atomic E-state index is -0.204. The average molecular weight is 217 g/mol. The van der Waals surface area contributed by atoms with Crippen LogP contribution >= 0.6 is 0 Å². The van der Waals surface area contributed by atoms with E-state index < -0.39 is 0 Å². The zero-order chi connectivity index (χ0) is 11.5. The molecule has 5 heteroatoms. The van der Waals surface area contributed by atoms with E-state index in [2.05, 4.69) is 22.0 Å². The highest BCUT2D eigenvalue weighted by atomic mass is 15.3. The van der Waals surface area contributed by atoms with Crippen LogP contribution in [-0.4, -0.2) is 19.7 Å². The second kappa shape index (κ2) is 4.40. The van der Waals surface area contributed by atoms with E-state index in [9.17, 15) is 0 Å². The van der Waals surface area contributed by atoms with Crippen molar-refractivity contribution in [3.05, 3.63) is 41.7 Å². The fraction of sp³-hybridized carbons (Fsp3) is 0.364. The van der Waals surface area contributed by atoms with Crippen LogP contribution in [0.2, 0.25) is 0 Å². The number of hydrogen-bond acceptors (Lipinski definition) is 4. The van der Waals surface area contributed by atoms with Crippen LogP contribution in [0.15, 0.2) is 24.9 Å². The zero-order valence-electron chi connectivity index (χ0n) is 9.46. The van der Waals surface area contributed by atoms with Gasteiger partial charge in [-0.3, -0.25) is 4.68 Å². The third-order valence-electron chi connectivity index (χ3n) is 2.55. The van der Waals surface area contributed by atoms with Gasteiger partial charge in [0.15, 0.2) is 0 Å². The van der Waals surface area contributed by atoms with Crippen molar-refractivity contribution in [1.82, 2.24) is 19.7 Å². The Kier molecular flexibility index (Phi) is 2.96. The van der Waals surface area contributed by atoms with E-state index in [1.54, 1.807) is 17.1 Å². The molecule has 2 N–H and O–H groups in total. The van der Waals surface area contributed by atoms with E-state index in [-0.39, 0.29) is 6.04 Å². The number of rotatable bonds is 3. The fourth-order valence-electron chi connectivity index (χ4n) is 1.74. The third-order valence-corrected chi connectivity index (χ3v) is 2.55. The summed E-state index contributed by atoms with van der Waals surface area (Å²) < 4.78 is 1.79. The Morgan fingerprint density at radius 3 is 2.69 bits per heavy atom. The molecule has 0 aliphatic rings. The summed E-state index contributed by atoms with van der Waals surface area (Å²) in [5, 5.41) is 4.37. The van der Waals surface area contributed by atoms with Gasteiger partial charge in [-0.05, 0) is 6.42 Å². The number of hydrogen-bond donors (Lipinski definition) is 1. The molecule has 1 atom stereocenters. The minimum Gasteiger partial charge on any atom is -0.320 e. The van der Waals surface area contributed by atoms with E-state index in [0.717, 1.165) is 23.2 Å². The normalized spacial score (nSPS) is 12.7. The molecule has 0 aromatic carbocycles. The summed E-state index contributed by atoms with van der Waals surface area (Å²) >= 11 is 0. The molecule has 2 heterocycles. The summed E-state index contributed by atoms with van der Waals surface area (Å²) in [6, 6.07) is -0.204. The van der Waals surface area contributed by atoms with Crippen molar-refractivity contribution in [2.45, 2.75) is 19.4 Å². The lowest BCUT2D eigenvalue weighted by atomic mass is 10.0. The molecule has 2 aromatic heterocycles. The van der Waals surface area contributed by atoms with Crippen LogP contribution in [-0.2, 0) is 13.5 Å². The van der Waals surface area contributed by atoms with Gasteiger partial charge < -0.3 is 5.73 Å². The molecular formula is C11H15N5. The Morgan fingerprint density at radius 2 is 2.06 bits per heavy atom. The first-order valence-corrected chi connectivity index (χ1v) is 5.25. The topological polar surface area (TPSA) is 69.6 Å². The molecule has 0 bridgehead atoms. The Labute approximate surface area is 94.3 Å². The van der Waals surface area contributed by atoms with Gasteiger partial charge in [0.25, 0.3) is 0 Å². The van der Waals surface area contributed by atoms with Crippen LogP contribution in [0, 0.1) is 0 Å². The van der Waals surface area contributed by atoms with Crippen molar-refractivity contribution >= 4 is 0 Å². The van der Waals surface area contributed by atoms with Crippen LogP contribution in [0.1, 0.15) is 29.8 Å². The van der Waals surface area contributed by atoms with Gasteiger partial charge in [-0.25, -0.2) is 9.97 Å². The molecule has 0 saturated heterocycles. The van der Waals surface area contributed by atoms with Crippen LogP contribution in [0.5, 0.6) is 0 Å². The standard InChI is InChI=1S/C11H15N5/c1-3-10-9(6-16(2)15-10)11(12)8-4-13-7-14-5-8/h4-7,11H,3,12H2,1-2H3. The first-order valence-electron chi connectivity index (χ1n) is 5.25. The second-order valence-electron chi connectivity index (χ2n) is 3.71. The molecule has 1 unspecified atom stereocenters. The van der Waals surface area contributed by atoms with Gasteiger partial charge in [0.2, 0.25) is 0 Å². The maximum atomic E-state index is 6.17.